The number of hydrogen-bond acceptors (Lipinski definition) is 6. The van der Waals surface area contributed by atoms with Crippen LogP contribution >= 0.6 is 11.6 Å². The van der Waals surface area contributed by atoms with Crippen molar-refractivity contribution in [2.45, 2.75) is 26.3 Å². The van der Waals surface area contributed by atoms with Crippen LogP contribution in [0.4, 0.5) is 0 Å². The zero-order valence-corrected chi connectivity index (χ0v) is 16.5. The summed E-state index contributed by atoms with van der Waals surface area (Å²) >= 11 is 6.13. The average molecular weight is 411 g/mol. The predicted octanol–water partition coefficient (Wildman–Crippen LogP) is 1.70. The lowest BCUT2D eigenvalue weighted by molar-refractivity contribution is -0.144. The maximum absolute atomic E-state index is 11.8. The van der Waals surface area contributed by atoms with Crippen molar-refractivity contribution in [3.8, 4) is 11.5 Å². The number of fused-ring (bicyclic) bond motifs is 1. The fraction of sp³-hybridized carbons (Fsp3) is 0.421. The fourth-order valence-electron chi connectivity index (χ4n) is 2.33. The molecule has 8 nitrogen and oxygen atoms in total. The lowest BCUT2D eigenvalue weighted by Gasteiger charge is -2.19. The van der Waals surface area contributed by atoms with E-state index >= 15 is 0 Å². The van der Waals surface area contributed by atoms with Crippen LogP contribution in [0.5, 0.6) is 11.5 Å². The maximum Gasteiger partial charge on any atom is 0.331 e. The van der Waals surface area contributed by atoms with Gasteiger partial charge in [0.1, 0.15) is 19.3 Å². The summed E-state index contributed by atoms with van der Waals surface area (Å²) in [5.74, 6) is -0.590. The fourth-order valence-corrected chi connectivity index (χ4v) is 2.60. The van der Waals surface area contributed by atoms with Crippen LogP contribution in [0, 0.1) is 0 Å². The Morgan fingerprint density at radius 1 is 1.29 bits per heavy atom. The quantitative estimate of drug-likeness (QED) is 0.499. The molecule has 0 saturated heterocycles. The standard InChI is InChI=1S/C19H23ClN2O6/c1-3-6-21-19(25)12(2)22-16(23)11-28-17(24)5-4-13-9-14(20)18-15(10-13)26-7-8-27-18/h4-5,9-10,12H,3,6-8,11H2,1-2H3,(H,21,25)(H,22,23)/b5-4+/t12-/m1/s1. The first kappa shape index (κ1) is 21.6. The second-order valence-electron chi connectivity index (χ2n) is 6.05. The molecule has 2 N–H and O–H groups in total. The minimum Gasteiger partial charge on any atom is -0.486 e. The number of carbonyl (C=O) groups excluding carboxylic acids is 3. The van der Waals surface area contributed by atoms with Crippen LogP contribution < -0.4 is 20.1 Å². The van der Waals surface area contributed by atoms with E-state index in [1.165, 1.54) is 12.2 Å². The lowest BCUT2D eigenvalue weighted by Crippen LogP contribution is -2.46. The third kappa shape index (κ3) is 6.45. The number of amides is 2. The van der Waals surface area contributed by atoms with Gasteiger partial charge in [-0.15, -0.1) is 0 Å². The second-order valence-corrected chi connectivity index (χ2v) is 6.46. The first-order chi connectivity index (χ1) is 13.4. The number of esters is 1. The highest BCUT2D eigenvalue weighted by Crippen LogP contribution is 2.38. The molecule has 2 amide bonds. The van der Waals surface area contributed by atoms with Crippen molar-refractivity contribution in [2.24, 2.45) is 0 Å². The van der Waals surface area contributed by atoms with Gasteiger partial charge in [0.15, 0.2) is 18.1 Å². The molecule has 9 heteroatoms. The van der Waals surface area contributed by atoms with Crippen molar-refractivity contribution < 1.29 is 28.6 Å². The van der Waals surface area contributed by atoms with E-state index in [1.807, 2.05) is 6.92 Å². The Hall–Kier alpha value is -2.74. The van der Waals surface area contributed by atoms with Crippen LogP contribution in [-0.2, 0) is 19.1 Å². The molecular formula is C19H23ClN2O6. The number of benzene rings is 1. The van der Waals surface area contributed by atoms with E-state index in [-0.39, 0.29) is 5.91 Å². The molecule has 0 spiro atoms. The maximum atomic E-state index is 11.8. The van der Waals surface area contributed by atoms with Gasteiger partial charge in [0.2, 0.25) is 5.91 Å². The summed E-state index contributed by atoms with van der Waals surface area (Å²) in [5, 5.41) is 5.50. The molecule has 0 aliphatic carbocycles. The summed E-state index contributed by atoms with van der Waals surface area (Å²) in [6, 6.07) is 2.60. The van der Waals surface area contributed by atoms with Crippen LogP contribution in [0.1, 0.15) is 25.8 Å². The topological polar surface area (TPSA) is 103 Å². The molecule has 1 aliphatic heterocycles. The molecule has 28 heavy (non-hydrogen) atoms. The molecule has 2 rings (SSSR count). The first-order valence-electron chi connectivity index (χ1n) is 8.91. The molecule has 0 radical (unpaired) electrons. The number of ether oxygens (including phenoxy) is 3. The molecule has 1 aromatic carbocycles. The summed E-state index contributed by atoms with van der Waals surface area (Å²) < 4.78 is 15.8. The Morgan fingerprint density at radius 2 is 2.04 bits per heavy atom. The van der Waals surface area contributed by atoms with E-state index in [2.05, 4.69) is 10.6 Å². The summed E-state index contributed by atoms with van der Waals surface area (Å²) in [5.41, 5.74) is 0.622. The predicted molar refractivity (Wildman–Crippen MR) is 103 cm³/mol. The van der Waals surface area contributed by atoms with Gasteiger partial charge in [-0.05, 0) is 37.1 Å². The number of hydrogen-bond donors (Lipinski definition) is 2. The van der Waals surface area contributed by atoms with E-state index in [4.69, 9.17) is 25.8 Å². The van der Waals surface area contributed by atoms with Crippen LogP contribution in [0.15, 0.2) is 18.2 Å². The van der Waals surface area contributed by atoms with E-state index in [1.54, 1.807) is 19.1 Å². The van der Waals surface area contributed by atoms with Gasteiger partial charge in [0, 0.05) is 12.6 Å². The van der Waals surface area contributed by atoms with Gasteiger partial charge in [-0.2, -0.15) is 0 Å². The Kier molecular flexibility index (Phi) is 8.13. The summed E-state index contributed by atoms with van der Waals surface area (Å²) in [6.45, 7) is 4.36. The van der Waals surface area contributed by atoms with Crippen LogP contribution in [-0.4, -0.2) is 50.2 Å². The largest absolute Gasteiger partial charge is 0.486 e. The molecule has 152 valence electrons. The SMILES string of the molecule is CCCNC(=O)[C@@H](C)NC(=O)COC(=O)/C=C/c1cc(Cl)c2c(c1)OCCO2. The Morgan fingerprint density at radius 3 is 2.79 bits per heavy atom. The summed E-state index contributed by atoms with van der Waals surface area (Å²) in [4.78, 5) is 35.3. The van der Waals surface area contributed by atoms with Crippen molar-refractivity contribution in [3.63, 3.8) is 0 Å². The Balaban J connectivity index is 1.81. The van der Waals surface area contributed by atoms with Crippen molar-refractivity contribution in [3.05, 3.63) is 28.8 Å². The third-order valence-corrected chi connectivity index (χ3v) is 3.98. The van der Waals surface area contributed by atoms with Crippen LogP contribution in [0.2, 0.25) is 5.02 Å². The molecule has 0 fully saturated rings. The van der Waals surface area contributed by atoms with Gasteiger partial charge in [0.05, 0.1) is 5.02 Å². The Labute approximate surface area is 168 Å². The highest BCUT2D eigenvalue weighted by Gasteiger charge is 2.17. The van der Waals surface area contributed by atoms with Gasteiger partial charge < -0.3 is 24.8 Å². The zero-order valence-electron chi connectivity index (χ0n) is 15.7. The molecule has 1 aromatic rings. The van der Waals surface area contributed by atoms with Crippen molar-refractivity contribution >= 4 is 35.5 Å². The van der Waals surface area contributed by atoms with E-state index in [0.29, 0.717) is 41.8 Å². The highest BCUT2D eigenvalue weighted by atomic mass is 35.5. The second kappa shape index (κ2) is 10.6. The number of rotatable bonds is 8. The minimum absolute atomic E-state index is 0.295. The monoisotopic (exact) mass is 410 g/mol. The number of carbonyl (C=O) groups is 3. The minimum atomic E-state index is -0.715. The van der Waals surface area contributed by atoms with Gasteiger partial charge in [-0.25, -0.2) is 4.79 Å². The van der Waals surface area contributed by atoms with Gasteiger partial charge in [-0.3, -0.25) is 9.59 Å². The summed E-state index contributed by atoms with van der Waals surface area (Å²) in [7, 11) is 0. The van der Waals surface area contributed by atoms with Crippen molar-refractivity contribution in [2.75, 3.05) is 26.4 Å². The molecule has 0 unspecified atom stereocenters. The average Bonchev–Trinajstić information content (AvgIpc) is 2.68. The van der Waals surface area contributed by atoms with Gasteiger partial charge >= 0.3 is 5.97 Å². The molecular weight excluding hydrogens is 388 g/mol. The van der Waals surface area contributed by atoms with Crippen LogP contribution in [0.25, 0.3) is 6.08 Å². The molecule has 0 aromatic heterocycles. The van der Waals surface area contributed by atoms with E-state index in [9.17, 15) is 14.4 Å². The first-order valence-corrected chi connectivity index (χ1v) is 9.29. The number of nitrogens with one attached hydrogen (secondary N) is 2. The molecule has 1 atom stereocenters. The molecule has 0 bridgehead atoms. The van der Waals surface area contributed by atoms with Crippen molar-refractivity contribution in [1.29, 1.82) is 0 Å². The van der Waals surface area contributed by atoms with Gasteiger partial charge in [-0.1, -0.05) is 18.5 Å². The molecule has 1 aliphatic rings. The van der Waals surface area contributed by atoms with E-state index in [0.717, 1.165) is 6.42 Å². The zero-order chi connectivity index (χ0) is 20.5. The summed E-state index contributed by atoms with van der Waals surface area (Å²) in [6.07, 6.45) is 3.46. The van der Waals surface area contributed by atoms with Crippen LogP contribution in [0.3, 0.4) is 0 Å². The Bertz CT molecular complexity index is 765. The molecule has 1 heterocycles. The van der Waals surface area contributed by atoms with Crippen molar-refractivity contribution in [1.82, 2.24) is 10.6 Å². The lowest BCUT2D eigenvalue weighted by atomic mass is 10.2. The highest BCUT2D eigenvalue weighted by molar-refractivity contribution is 6.32. The van der Waals surface area contributed by atoms with E-state index < -0.39 is 24.5 Å². The molecule has 0 saturated carbocycles. The third-order valence-electron chi connectivity index (χ3n) is 3.70. The van der Waals surface area contributed by atoms with Gasteiger partial charge in [0.25, 0.3) is 5.91 Å². The number of halogens is 1. The smallest absolute Gasteiger partial charge is 0.331 e. The normalized spacial score (nSPS) is 13.7.